The summed E-state index contributed by atoms with van der Waals surface area (Å²) in [6, 6.07) is 3.97. The molecule has 1 N–H and O–H groups in total. The second-order valence-electron chi connectivity index (χ2n) is 2.96. The number of thiol groups is 1. The van der Waals surface area contributed by atoms with Crippen molar-refractivity contribution in [2.24, 2.45) is 0 Å². The molecular formula is C9H11N3S2. The molecule has 1 aliphatic heterocycles. The van der Waals surface area contributed by atoms with Gasteiger partial charge in [0, 0.05) is 23.4 Å². The quantitative estimate of drug-likeness (QED) is 0.596. The molecule has 0 amide bonds. The topological polar surface area (TPSA) is 28.2 Å². The third-order valence-corrected chi connectivity index (χ3v) is 2.79. The Morgan fingerprint density at radius 1 is 1.64 bits per heavy atom. The zero-order valence-corrected chi connectivity index (χ0v) is 9.42. The van der Waals surface area contributed by atoms with Gasteiger partial charge in [-0.3, -0.25) is 9.99 Å². The number of hydrogen-bond acceptors (Lipinski definition) is 5. The Hall–Kier alpha value is -0.650. The van der Waals surface area contributed by atoms with Crippen LogP contribution in [0.4, 0.5) is 0 Å². The van der Waals surface area contributed by atoms with Crippen molar-refractivity contribution in [3.05, 3.63) is 35.5 Å². The molecule has 1 aromatic rings. The van der Waals surface area contributed by atoms with Crippen LogP contribution in [-0.2, 0) is 0 Å². The van der Waals surface area contributed by atoms with Crippen molar-refractivity contribution in [2.45, 2.75) is 12.3 Å². The fourth-order valence-corrected chi connectivity index (χ4v) is 2.29. The predicted octanol–water partition coefficient (Wildman–Crippen LogP) is 2.12. The lowest BCUT2D eigenvalue weighted by atomic mass is 10.2. The van der Waals surface area contributed by atoms with Crippen LogP contribution in [-0.4, -0.2) is 15.4 Å². The van der Waals surface area contributed by atoms with Crippen molar-refractivity contribution in [3.63, 3.8) is 0 Å². The molecule has 3 nitrogen and oxygen atoms in total. The molecule has 5 heteroatoms. The zero-order valence-electron chi connectivity index (χ0n) is 7.71. The van der Waals surface area contributed by atoms with Gasteiger partial charge < -0.3 is 0 Å². The van der Waals surface area contributed by atoms with Crippen LogP contribution in [0.2, 0.25) is 0 Å². The van der Waals surface area contributed by atoms with Gasteiger partial charge in [-0.2, -0.15) is 17.5 Å². The van der Waals surface area contributed by atoms with Gasteiger partial charge in [-0.25, -0.2) is 0 Å². The number of rotatable bonds is 2. The van der Waals surface area contributed by atoms with E-state index in [2.05, 4.69) is 27.9 Å². The zero-order chi connectivity index (χ0) is 9.97. The van der Waals surface area contributed by atoms with Gasteiger partial charge in [0.05, 0.1) is 11.1 Å². The second kappa shape index (κ2) is 4.25. The Morgan fingerprint density at radius 2 is 2.50 bits per heavy atom. The normalized spacial score (nSPS) is 18.1. The van der Waals surface area contributed by atoms with Gasteiger partial charge in [-0.1, -0.05) is 0 Å². The van der Waals surface area contributed by atoms with Crippen molar-refractivity contribution < 1.29 is 0 Å². The predicted molar refractivity (Wildman–Crippen MR) is 63.2 cm³/mol. The molecule has 0 saturated carbocycles. The van der Waals surface area contributed by atoms with Gasteiger partial charge in [0.15, 0.2) is 0 Å². The lowest BCUT2D eigenvalue weighted by Crippen LogP contribution is -2.32. The molecule has 74 valence electrons. The number of nitrogens with one attached hydrogen (secondary N) is 1. The average molecular weight is 225 g/mol. The highest BCUT2D eigenvalue weighted by atomic mass is 32.2. The first-order valence-electron chi connectivity index (χ1n) is 4.28. The van der Waals surface area contributed by atoms with Crippen LogP contribution >= 0.6 is 24.6 Å². The van der Waals surface area contributed by atoms with Crippen LogP contribution in [0.5, 0.6) is 0 Å². The summed E-state index contributed by atoms with van der Waals surface area (Å²) in [4.78, 5) is 7.25. The minimum atomic E-state index is 0.136. The maximum atomic E-state index is 4.39. The number of aromatic nitrogens is 1. The van der Waals surface area contributed by atoms with Crippen LogP contribution in [0, 0.1) is 0 Å². The average Bonchev–Trinajstić information content (AvgIpc) is 2.67. The Morgan fingerprint density at radius 3 is 3.14 bits per heavy atom. The van der Waals surface area contributed by atoms with E-state index >= 15 is 0 Å². The number of pyridine rings is 1. The summed E-state index contributed by atoms with van der Waals surface area (Å²) in [5.41, 5.74) is 2.22. The monoisotopic (exact) mass is 225 g/mol. The van der Waals surface area contributed by atoms with Gasteiger partial charge in [0.1, 0.15) is 0 Å². The highest BCUT2D eigenvalue weighted by molar-refractivity contribution is 8.00. The number of hydrazine groups is 1. The molecule has 2 heterocycles. The van der Waals surface area contributed by atoms with E-state index in [1.807, 2.05) is 30.3 Å². The van der Waals surface area contributed by atoms with Crippen molar-refractivity contribution in [1.82, 2.24) is 14.8 Å². The van der Waals surface area contributed by atoms with Gasteiger partial charge in [0.2, 0.25) is 0 Å². The van der Waals surface area contributed by atoms with Crippen molar-refractivity contribution in [2.75, 3.05) is 0 Å². The number of nitrogens with zero attached hydrogens (tertiary/aromatic N) is 2. The molecule has 1 atom stereocenters. The Balaban J connectivity index is 2.26. The van der Waals surface area contributed by atoms with Crippen LogP contribution in [0.15, 0.2) is 29.9 Å². The van der Waals surface area contributed by atoms with E-state index < -0.39 is 0 Å². The van der Waals surface area contributed by atoms with E-state index in [-0.39, 0.29) is 5.37 Å². The first-order chi connectivity index (χ1) is 6.79. The molecule has 1 aromatic heterocycles. The minimum absolute atomic E-state index is 0.136. The summed E-state index contributed by atoms with van der Waals surface area (Å²) in [5, 5.41) is 4.20. The third kappa shape index (κ3) is 1.89. The van der Waals surface area contributed by atoms with Crippen molar-refractivity contribution in [3.8, 4) is 0 Å². The molecular weight excluding hydrogens is 214 g/mol. The summed E-state index contributed by atoms with van der Waals surface area (Å²) in [7, 11) is 0. The fraction of sp³-hybridized carbons (Fsp3) is 0.222. The largest absolute Gasteiger partial charge is 0.285 e. The van der Waals surface area contributed by atoms with Crippen LogP contribution in [0.25, 0.3) is 5.70 Å². The lowest BCUT2D eigenvalue weighted by Gasteiger charge is -2.24. The van der Waals surface area contributed by atoms with Crippen molar-refractivity contribution in [1.29, 1.82) is 0 Å². The summed E-state index contributed by atoms with van der Waals surface area (Å²) >= 11 is 5.94. The lowest BCUT2D eigenvalue weighted by molar-refractivity contribution is 0.377. The summed E-state index contributed by atoms with van der Waals surface area (Å²) in [5.74, 6) is 0. The van der Waals surface area contributed by atoms with Gasteiger partial charge in [-0.15, -0.1) is 0 Å². The standard InChI is InChI=1S/C9H11N3S2/c1-7(13)12-9(6-14-11-12)8-3-2-4-10-5-8/h2-7,11,13H,1H3. The van der Waals surface area contributed by atoms with Gasteiger partial charge in [0.25, 0.3) is 0 Å². The maximum absolute atomic E-state index is 4.39. The molecule has 0 bridgehead atoms. The third-order valence-electron chi connectivity index (χ3n) is 1.91. The molecule has 0 aliphatic carbocycles. The van der Waals surface area contributed by atoms with E-state index in [9.17, 15) is 0 Å². The molecule has 0 saturated heterocycles. The molecule has 1 aliphatic rings. The van der Waals surface area contributed by atoms with Crippen LogP contribution < -0.4 is 4.83 Å². The first-order valence-corrected chi connectivity index (χ1v) is 5.68. The highest BCUT2D eigenvalue weighted by Crippen LogP contribution is 2.29. The van der Waals surface area contributed by atoms with E-state index in [0.717, 1.165) is 11.3 Å². The van der Waals surface area contributed by atoms with E-state index in [4.69, 9.17) is 0 Å². The molecule has 2 rings (SSSR count). The van der Waals surface area contributed by atoms with Gasteiger partial charge >= 0.3 is 0 Å². The summed E-state index contributed by atoms with van der Waals surface area (Å²) in [6.07, 6.45) is 3.62. The summed E-state index contributed by atoms with van der Waals surface area (Å²) < 4.78 is 0. The van der Waals surface area contributed by atoms with E-state index in [1.165, 1.54) is 0 Å². The Bertz CT molecular complexity index is 337. The molecule has 0 spiro atoms. The van der Waals surface area contributed by atoms with Gasteiger partial charge in [-0.05, 0) is 31.0 Å². The SMILES string of the molecule is CC(S)N1NSC=C1c1cccnc1. The number of hydrogen-bond donors (Lipinski definition) is 2. The van der Waals surface area contributed by atoms with Crippen LogP contribution in [0.1, 0.15) is 12.5 Å². The molecule has 0 fully saturated rings. The molecule has 0 aromatic carbocycles. The van der Waals surface area contributed by atoms with Crippen molar-refractivity contribution >= 4 is 30.3 Å². The van der Waals surface area contributed by atoms with Crippen LogP contribution in [0.3, 0.4) is 0 Å². The Kier molecular flexibility index (Phi) is 3.00. The second-order valence-corrected chi connectivity index (χ2v) is 4.36. The molecule has 0 radical (unpaired) electrons. The fourth-order valence-electron chi connectivity index (χ4n) is 1.24. The molecule has 14 heavy (non-hydrogen) atoms. The highest BCUT2D eigenvalue weighted by Gasteiger charge is 2.19. The maximum Gasteiger partial charge on any atom is 0.0859 e. The van der Waals surface area contributed by atoms with E-state index in [0.29, 0.717) is 0 Å². The van der Waals surface area contributed by atoms with E-state index in [1.54, 1.807) is 18.1 Å². The molecule has 1 unspecified atom stereocenters. The minimum Gasteiger partial charge on any atom is -0.285 e. The Labute approximate surface area is 93.1 Å². The summed E-state index contributed by atoms with van der Waals surface area (Å²) in [6.45, 7) is 2.02. The smallest absolute Gasteiger partial charge is 0.0859 e. The first kappa shape index (κ1) is 9.89.